The first kappa shape index (κ1) is 14.1. The Morgan fingerprint density at radius 2 is 1.71 bits per heavy atom. The van der Waals surface area contributed by atoms with Crippen molar-refractivity contribution in [3.8, 4) is 0 Å². The van der Waals surface area contributed by atoms with Gasteiger partial charge < -0.3 is 16.3 Å². The minimum atomic E-state index is -1.50. The van der Waals surface area contributed by atoms with E-state index in [1.807, 2.05) is 0 Å². The van der Waals surface area contributed by atoms with Crippen LogP contribution in [0.3, 0.4) is 0 Å². The van der Waals surface area contributed by atoms with E-state index in [-0.39, 0.29) is 11.6 Å². The summed E-state index contributed by atoms with van der Waals surface area (Å²) in [6.45, 7) is 0. The maximum atomic E-state index is 10.3. The van der Waals surface area contributed by atoms with E-state index in [1.165, 1.54) is 24.3 Å². The average molecular weight is 243 g/mol. The van der Waals surface area contributed by atoms with Crippen molar-refractivity contribution < 1.29 is 15.2 Å². The maximum absolute atomic E-state index is 10.3. The molecule has 0 heterocycles. The first-order valence-electron chi connectivity index (χ1n) is 4.01. The zero-order valence-electron chi connectivity index (χ0n) is 8.36. The number of nitro groups is 1. The summed E-state index contributed by atoms with van der Waals surface area (Å²) in [6, 6.07) is 5.65. The maximum Gasteiger partial charge on any atom is 0.291 e. The average Bonchev–Trinajstić information content (AvgIpc) is 2.16. The molecule has 0 saturated heterocycles. The van der Waals surface area contributed by atoms with Crippen LogP contribution in [0.15, 0.2) is 24.3 Å². The van der Waals surface area contributed by atoms with Gasteiger partial charge in [-0.15, -0.1) is 10.1 Å². The molecule has 1 aromatic rings. The van der Waals surface area contributed by atoms with E-state index in [0.29, 0.717) is 5.69 Å². The van der Waals surface area contributed by atoms with Crippen LogP contribution in [0.5, 0.6) is 0 Å². The molecule has 0 aromatic heterocycles. The van der Waals surface area contributed by atoms with Crippen molar-refractivity contribution in [3.63, 3.8) is 0 Å². The monoisotopic (exact) mass is 243 g/mol. The summed E-state index contributed by atoms with van der Waals surface area (Å²) in [4.78, 5) is 18.1. The van der Waals surface area contributed by atoms with Gasteiger partial charge in [-0.2, -0.15) is 0 Å². The van der Waals surface area contributed by atoms with Crippen LogP contribution in [-0.4, -0.2) is 21.2 Å². The van der Waals surface area contributed by atoms with E-state index in [2.05, 4.69) is 5.32 Å². The molecule has 0 fully saturated rings. The number of nitrogens with zero attached hydrogens (tertiary/aromatic N) is 2. The fourth-order valence-electron chi connectivity index (χ4n) is 0.822. The number of nitrogens with two attached hydrogens (primary N) is 1. The van der Waals surface area contributed by atoms with E-state index in [0.717, 1.165) is 0 Å². The molecular formula is C7H9N5O5. The number of anilines is 1. The number of non-ortho nitro benzene ring substituents is 1. The Morgan fingerprint density at radius 3 is 2.00 bits per heavy atom. The molecule has 0 atom stereocenters. The summed E-state index contributed by atoms with van der Waals surface area (Å²) in [5.41, 5.74) is 5.62. The lowest BCUT2D eigenvalue weighted by Crippen LogP contribution is -2.20. The van der Waals surface area contributed by atoms with Crippen LogP contribution in [0.2, 0.25) is 0 Å². The van der Waals surface area contributed by atoms with Crippen molar-refractivity contribution >= 4 is 17.3 Å². The molecule has 5 N–H and O–H groups in total. The molecule has 0 amide bonds. The molecule has 1 aromatic carbocycles. The second-order valence-electron chi connectivity index (χ2n) is 2.58. The Morgan fingerprint density at radius 1 is 1.29 bits per heavy atom. The Bertz CT molecular complexity index is 413. The smallest absolute Gasteiger partial charge is 0.291 e. The quantitative estimate of drug-likeness (QED) is 0.254. The van der Waals surface area contributed by atoms with Gasteiger partial charge in [0.2, 0.25) is 0 Å². The van der Waals surface area contributed by atoms with Crippen molar-refractivity contribution in [1.29, 1.82) is 5.41 Å². The fourth-order valence-corrected chi connectivity index (χ4v) is 0.822. The molecule has 0 saturated carbocycles. The lowest BCUT2D eigenvalue weighted by atomic mass is 10.3. The van der Waals surface area contributed by atoms with Crippen LogP contribution in [0, 0.1) is 25.6 Å². The van der Waals surface area contributed by atoms with Gasteiger partial charge in [0, 0.05) is 17.8 Å². The summed E-state index contributed by atoms with van der Waals surface area (Å²) in [5, 5.41) is 33.3. The minimum absolute atomic E-state index is 0.00843. The molecule has 0 radical (unpaired) electrons. The summed E-state index contributed by atoms with van der Waals surface area (Å²) in [6.07, 6.45) is 0. The van der Waals surface area contributed by atoms with Gasteiger partial charge >= 0.3 is 0 Å². The van der Waals surface area contributed by atoms with Crippen molar-refractivity contribution in [2.24, 2.45) is 5.73 Å². The van der Waals surface area contributed by atoms with E-state index in [4.69, 9.17) is 26.5 Å². The highest BCUT2D eigenvalue weighted by atomic mass is 16.9. The largest absolute Gasteiger partial charge is 0.370 e. The molecule has 10 nitrogen and oxygen atoms in total. The first-order chi connectivity index (χ1) is 7.82. The number of benzene rings is 1. The van der Waals surface area contributed by atoms with E-state index < -0.39 is 10.0 Å². The zero-order chi connectivity index (χ0) is 13.4. The van der Waals surface area contributed by atoms with Gasteiger partial charge in [-0.3, -0.25) is 15.5 Å². The molecule has 0 aliphatic rings. The van der Waals surface area contributed by atoms with Crippen LogP contribution in [-0.2, 0) is 0 Å². The fraction of sp³-hybridized carbons (Fsp3) is 0. The van der Waals surface area contributed by atoms with Crippen molar-refractivity contribution in [1.82, 2.24) is 0 Å². The molecule has 0 spiro atoms. The zero-order valence-corrected chi connectivity index (χ0v) is 8.36. The predicted molar refractivity (Wildman–Crippen MR) is 57.4 cm³/mol. The second-order valence-corrected chi connectivity index (χ2v) is 2.58. The molecule has 0 aliphatic carbocycles. The Balaban J connectivity index is 0.000000557. The standard InChI is InChI=1S/C7H8N4O2.HNO3/c8-7(9)10-5-1-3-6(4-2-5)11(12)13;2-1(3)4/h1-4H,(H4,8,9,10);(H,2,3,4). The third-order valence-corrected chi connectivity index (χ3v) is 1.36. The Kier molecular flexibility index (Phi) is 5.43. The molecule has 10 heteroatoms. The van der Waals surface area contributed by atoms with Crippen LogP contribution in [0.1, 0.15) is 0 Å². The SMILES string of the molecule is N=C(N)Nc1ccc([N+](=O)[O-])cc1.O=[N+]([O-])O. The lowest BCUT2D eigenvalue weighted by molar-refractivity contribution is -0.742. The number of nitro benzene ring substituents is 1. The van der Waals surface area contributed by atoms with Gasteiger partial charge in [0.15, 0.2) is 5.96 Å². The minimum Gasteiger partial charge on any atom is -0.370 e. The molecular weight excluding hydrogens is 234 g/mol. The van der Waals surface area contributed by atoms with Gasteiger partial charge in [-0.05, 0) is 12.1 Å². The highest BCUT2D eigenvalue weighted by molar-refractivity contribution is 5.89. The molecule has 1 rings (SSSR count). The third-order valence-electron chi connectivity index (χ3n) is 1.36. The molecule has 0 aliphatic heterocycles. The van der Waals surface area contributed by atoms with E-state index >= 15 is 0 Å². The first-order valence-corrected chi connectivity index (χ1v) is 4.01. The van der Waals surface area contributed by atoms with E-state index in [1.54, 1.807) is 0 Å². The summed E-state index contributed by atoms with van der Waals surface area (Å²) in [5.74, 6) is -0.200. The van der Waals surface area contributed by atoms with Crippen LogP contribution in [0.25, 0.3) is 0 Å². The van der Waals surface area contributed by atoms with Gasteiger partial charge in [-0.25, -0.2) is 0 Å². The highest BCUT2D eigenvalue weighted by Crippen LogP contribution is 2.14. The highest BCUT2D eigenvalue weighted by Gasteiger charge is 2.03. The normalized spacial score (nSPS) is 8.47. The van der Waals surface area contributed by atoms with Crippen molar-refractivity contribution in [2.45, 2.75) is 0 Å². The summed E-state index contributed by atoms with van der Waals surface area (Å²) in [7, 11) is 0. The Hall–Kier alpha value is -2.91. The number of nitrogens with one attached hydrogen (secondary N) is 2. The number of rotatable bonds is 2. The van der Waals surface area contributed by atoms with Crippen LogP contribution in [0.4, 0.5) is 11.4 Å². The molecule has 0 bridgehead atoms. The van der Waals surface area contributed by atoms with Gasteiger partial charge in [0.25, 0.3) is 10.8 Å². The topological polar surface area (TPSA) is 168 Å². The summed E-state index contributed by atoms with van der Waals surface area (Å²) >= 11 is 0. The van der Waals surface area contributed by atoms with Gasteiger partial charge in [-0.1, -0.05) is 0 Å². The molecule has 92 valence electrons. The number of hydrogen-bond donors (Lipinski definition) is 4. The summed E-state index contributed by atoms with van der Waals surface area (Å²) < 4.78 is 0. The Labute approximate surface area is 94.4 Å². The van der Waals surface area contributed by atoms with Crippen molar-refractivity contribution in [3.05, 3.63) is 44.5 Å². The van der Waals surface area contributed by atoms with Crippen LogP contribution < -0.4 is 11.1 Å². The van der Waals surface area contributed by atoms with Gasteiger partial charge in [0.1, 0.15) is 0 Å². The molecule has 17 heavy (non-hydrogen) atoms. The number of guanidine groups is 1. The predicted octanol–water partition coefficient (Wildman–Crippen LogP) is 0.552. The lowest BCUT2D eigenvalue weighted by Gasteiger charge is -2.01. The third kappa shape index (κ3) is 7.07. The van der Waals surface area contributed by atoms with Crippen molar-refractivity contribution in [2.75, 3.05) is 5.32 Å². The molecule has 0 unspecified atom stereocenters. The number of hydrogen-bond acceptors (Lipinski definition) is 5. The second kappa shape index (κ2) is 6.55. The van der Waals surface area contributed by atoms with E-state index in [9.17, 15) is 10.1 Å². The van der Waals surface area contributed by atoms with Crippen LogP contribution >= 0.6 is 0 Å². The van der Waals surface area contributed by atoms with Gasteiger partial charge in [0.05, 0.1) is 4.92 Å².